The number of halogens is 1. The van der Waals surface area contributed by atoms with E-state index in [2.05, 4.69) is 5.32 Å². The molecule has 0 aromatic heterocycles. The fraction of sp³-hybridized carbons (Fsp3) is 0.316. The zero-order valence-corrected chi connectivity index (χ0v) is 28.5. The monoisotopic (exact) mass is 671 g/mol. The Morgan fingerprint density at radius 1 is 0.809 bits per heavy atom. The summed E-state index contributed by atoms with van der Waals surface area (Å²) < 4.78 is 29.5. The second-order valence-electron chi connectivity index (χ2n) is 12.4. The number of amides is 2. The van der Waals surface area contributed by atoms with Gasteiger partial charge < -0.3 is 10.2 Å². The maximum absolute atomic E-state index is 14.7. The topological polar surface area (TPSA) is 86.8 Å². The average molecular weight is 672 g/mol. The number of sulfonamides is 1. The van der Waals surface area contributed by atoms with E-state index in [1.54, 1.807) is 23.1 Å². The van der Waals surface area contributed by atoms with Gasteiger partial charge in [-0.2, -0.15) is 0 Å². The van der Waals surface area contributed by atoms with Gasteiger partial charge in [0.2, 0.25) is 11.8 Å². The molecule has 1 N–H and O–H groups in total. The van der Waals surface area contributed by atoms with Crippen LogP contribution in [0.25, 0.3) is 0 Å². The Morgan fingerprint density at radius 2 is 1.45 bits per heavy atom. The van der Waals surface area contributed by atoms with Gasteiger partial charge >= 0.3 is 0 Å². The third-order valence-corrected chi connectivity index (χ3v) is 10.7. The lowest BCUT2D eigenvalue weighted by atomic mass is 9.94. The van der Waals surface area contributed by atoms with Crippen LogP contribution in [0.2, 0.25) is 5.02 Å². The smallest absolute Gasteiger partial charge is 0.264 e. The van der Waals surface area contributed by atoms with Crippen LogP contribution in [0.3, 0.4) is 0 Å². The molecule has 9 heteroatoms. The van der Waals surface area contributed by atoms with Crippen LogP contribution >= 0.6 is 11.6 Å². The number of nitrogens with one attached hydrogen (secondary N) is 1. The van der Waals surface area contributed by atoms with Gasteiger partial charge in [-0.25, -0.2) is 8.42 Å². The number of carbonyl (C=O) groups is 2. The summed E-state index contributed by atoms with van der Waals surface area (Å²) in [6.45, 7) is 3.49. The Balaban J connectivity index is 1.56. The van der Waals surface area contributed by atoms with Crippen molar-refractivity contribution in [2.75, 3.05) is 10.8 Å². The van der Waals surface area contributed by atoms with E-state index >= 15 is 0 Å². The van der Waals surface area contributed by atoms with Gasteiger partial charge in [0.1, 0.15) is 12.6 Å². The Morgan fingerprint density at radius 3 is 2.11 bits per heavy atom. The molecule has 0 saturated heterocycles. The Kier molecular flexibility index (Phi) is 11.4. The molecular weight excluding hydrogens is 630 g/mol. The van der Waals surface area contributed by atoms with E-state index in [9.17, 15) is 18.0 Å². The summed E-state index contributed by atoms with van der Waals surface area (Å²) in [6.07, 6.45) is 5.33. The van der Waals surface area contributed by atoms with Crippen LogP contribution in [0, 0.1) is 13.8 Å². The van der Waals surface area contributed by atoms with Gasteiger partial charge in [-0.3, -0.25) is 13.9 Å². The van der Waals surface area contributed by atoms with Gasteiger partial charge in [0, 0.05) is 24.0 Å². The fourth-order valence-electron chi connectivity index (χ4n) is 6.15. The minimum absolute atomic E-state index is 0.0114. The predicted molar refractivity (Wildman–Crippen MR) is 188 cm³/mol. The number of nitrogens with zero attached hydrogens (tertiary/aromatic N) is 2. The van der Waals surface area contributed by atoms with Crippen LogP contribution < -0.4 is 9.62 Å². The van der Waals surface area contributed by atoms with Crippen LogP contribution in [0.15, 0.2) is 108 Å². The number of hydrogen-bond donors (Lipinski definition) is 1. The molecule has 1 fully saturated rings. The summed E-state index contributed by atoms with van der Waals surface area (Å²) in [6, 6.07) is 29.6. The average Bonchev–Trinajstić information content (AvgIpc) is 3.06. The van der Waals surface area contributed by atoms with E-state index in [-0.39, 0.29) is 29.8 Å². The first-order chi connectivity index (χ1) is 22.6. The van der Waals surface area contributed by atoms with Crippen molar-refractivity contribution in [1.29, 1.82) is 0 Å². The number of anilines is 1. The second kappa shape index (κ2) is 15.6. The zero-order chi connectivity index (χ0) is 33.4. The van der Waals surface area contributed by atoms with E-state index < -0.39 is 28.5 Å². The molecule has 0 aliphatic heterocycles. The van der Waals surface area contributed by atoms with E-state index in [4.69, 9.17) is 11.6 Å². The third kappa shape index (κ3) is 9.02. The van der Waals surface area contributed by atoms with Gasteiger partial charge in [0.15, 0.2) is 0 Å². The van der Waals surface area contributed by atoms with Gasteiger partial charge in [-0.15, -0.1) is 0 Å². The molecule has 4 aromatic carbocycles. The van der Waals surface area contributed by atoms with Crippen molar-refractivity contribution in [3.8, 4) is 0 Å². The molecule has 47 heavy (non-hydrogen) atoms. The molecule has 1 atom stereocenters. The number of aryl methyl sites for hydroxylation is 2. The van der Waals surface area contributed by atoms with Crippen molar-refractivity contribution >= 4 is 39.1 Å². The van der Waals surface area contributed by atoms with Crippen molar-refractivity contribution in [2.24, 2.45) is 0 Å². The number of carbonyl (C=O) groups excluding carboxylic acids is 2. The van der Waals surface area contributed by atoms with Crippen LogP contribution in [0.4, 0.5) is 5.69 Å². The molecule has 0 bridgehead atoms. The summed E-state index contributed by atoms with van der Waals surface area (Å²) in [4.78, 5) is 30.5. The highest BCUT2D eigenvalue weighted by Crippen LogP contribution is 2.27. The first kappa shape index (κ1) is 34.2. The Bertz CT molecular complexity index is 1770. The molecule has 7 nitrogen and oxygen atoms in total. The van der Waals surface area contributed by atoms with Gasteiger partial charge in [-0.1, -0.05) is 103 Å². The molecule has 1 aliphatic rings. The van der Waals surface area contributed by atoms with Crippen LogP contribution in [-0.2, 0) is 32.6 Å². The standard InChI is InChI=1S/C38H42ClN3O4S/c1-28-11-9-15-31(23-28)26-41(36(25-30-13-5-3-6-14-30)38(44)40-33-16-7-4-8-17-33)37(43)27-42(34-18-10-12-29(2)24-34)47(45,46)35-21-19-32(39)20-22-35/h3,5-6,9-15,18-24,33,36H,4,7-8,16-17,25-27H2,1-2H3,(H,40,44)/t36-/m1/s1. The fourth-order valence-corrected chi connectivity index (χ4v) is 7.68. The maximum Gasteiger partial charge on any atom is 0.264 e. The lowest BCUT2D eigenvalue weighted by Gasteiger charge is -2.35. The van der Waals surface area contributed by atoms with Gasteiger partial charge in [-0.05, 0) is 79.8 Å². The van der Waals surface area contributed by atoms with E-state index in [1.165, 1.54) is 24.3 Å². The first-order valence-corrected chi connectivity index (χ1v) is 18.0. The summed E-state index contributed by atoms with van der Waals surface area (Å²) in [7, 11) is -4.20. The van der Waals surface area contributed by atoms with Crippen molar-refractivity contribution in [3.63, 3.8) is 0 Å². The largest absolute Gasteiger partial charge is 0.352 e. The molecular formula is C38H42ClN3O4S. The lowest BCUT2D eigenvalue weighted by Crippen LogP contribution is -2.55. The Labute approximate surface area is 283 Å². The highest BCUT2D eigenvalue weighted by atomic mass is 35.5. The van der Waals surface area contributed by atoms with Crippen LogP contribution in [0.1, 0.15) is 54.4 Å². The van der Waals surface area contributed by atoms with Crippen molar-refractivity contribution in [2.45, 2.75) is 75.9 Å². The van der Waals surface area contributed by atoms with Crippen molar-refractivity contribution in [3.05, 3.63) is 130 Å². The summed E-state index contributed by atoms with van der Waals surface area (Å²) in [5, 5.41) is 3.65. The first-order valence-electron chi connectivity index (χ1n) is 16.1. The van der Waals surface area contributed by atoms with Crippen molar-refractivity contribution in [1.82, 2.24) is 10.2 Å². The highest BCUT2D eigenvalue weighted by Gasteiger charge is 2.35. The zero-order valence-electron chi connectivity index (χ0n) is 26.9. The maximum atomic E-state index is 14.7. The van der Waals surface area contributed by atoms with E-state index in [0.717, 1.165) is 58.7 Å². The molecule has 0 heterocycles. The molecule has 0 spiro atoms. The lowest BCUT2D eigenvalue weighted by molar-refractivity contribution is -0.140. The molecule has 1 aliphatic carbocycles. The second-order valence-corrected chi connectivity index (χ2v) is 14.7. The van der Waals surface area contributed by atoms with E-state index in [0.29, 0.717) is 10.7 Å². The molecule has 1 saturated carbocycles. The summed E-state index contributed by atoms with van der Waals surface area (Å²) in [5.41, 5.74) is 3.98. The molecule has 0 unspecified atom stereocenters. The number of rotatable bonds is 12. The molecule has 0 radical (unpaired) electrons. The summed E-state index contributed by atoms with van der Waals surface area (Å²) >= 11 is 6.09. The molecule has 2 amide bonds. The van der Waals surface area contributed by atoms with Crippen molar-refractivity contribution < 1.29 is 18.0 Å². The minimum Gasteiger partial charge on any atom is -0.352 e. The SMILES string of the molecule is Cc1cccc(CN(C(=O)CN(c2cccc(C)c2)S(=O)(=O)c2ccc(Cl)cc2)[C@H](Cc2ccccc2)C(=O)NC2CCCCC2)c1. The third-order valence-electron chi connectivity index (χ3n) is 8.63. The van der Waals surface area contributed by atoms with Crippen LogP contribution in [0.5, 0.6) is 0 Å². The number of hydrogen-bond acceptors (Lipinski definition) is 4. The molecule has 246 valence electrons. The Hall–Kier alpha value is -4.14. The van der Waals surface area contributed by atoms with Gasteiger partial charge in [0.05, 0.1) is 10.6 Å². The van der Waals surface area contributed by atoms with E-state index in [1.807, 2.05) is 74.5 Å². The van der Waals surface area contributed by atoms with Crippen LogP contribution in [-0.4, -0.2) is 43.8 Å². The normalized spacial score (nSPS) is 14.3. The number of benzene rings is 4. The molecule has 4 aromatic rings. The summed E-state index contributed by atoms with van der Waals surface area (Å²) in [5.74, 6) is -0.713. The van der Waals surface area contributed by atoms with Gasteiger partial charge in [0.25, 0.3) is 10.0 Å². The highest BCUT2D eigenvalue weighted by molar-refractivity contribution is 7.92. The molecule has 5 rings (SSSR count). The quantitative estimate of drug-likeness (QED) is 0.172. The predicted octanol–water partition coefficient (Wildman–Crippen LogP) is 7.24. The minimum atomic E-state index is -4.20.